The molecule has 1 aromatic rings. The Hall–Kier alpha value is -2.61. The first-order valence-electron chi connectivity index (χ1n) is 8.64. The van der Waals surface area contributed by atoms with Gasteiger partial charge in [-0.15, -0.1) is 0 Å². The van der Waals surface area contributed by atoms with Crippen molar-refractivity contribution in [3.63, 3.8) is 0 Å². The second-order valence-electron chi connectivity index (χ2n) is 6.19. The van der Waals surface area contributed by atoms with E-state index >= 15 is 0 Å². The summed E-state index contributed by atoms with van der Waals surface area (Å²) >= 11 is 0. The van der Waals surface area contributed by atoms with Gasteiger partial charge < -0.3 is 25.4 Å². The smallest absolute Gasteiger partial charge is 0.317 e. The number of nitrogens with zero attached hydrogens (tertiary/aromatic N) is 1. The number of carboxylic acids is 1. The minimum atomic E-state index is -0.900. The molecule has 8 heteroatoms. The van der Waals surface area contributed by atoms with Crippen LogP contribution in [0.4, 0.5) is 4.79 Å². The highest BCUT2D eigenvalue weighted by atomic mass is 16.5. The number of carbonyl (C=O) groups is 3. The fraction of sp³-hybridized carbons (Fsp3) is 0.500. The summed E-state index contributed by atoms with van der Waals surface area (Å²) < 4.78 is 5.38. The number of hydrogen-bond acceptors (Lipinski definition) is 4. The molecule has 3 N–H and O–H groups in total. The average Bonchev–Trinajstić information content (AvgIpc) is 2.66. The van der Waals surface area contributed by atoms with Gasteiger partial charge >= 0.3 is 12.0 Å². The van der Waals surface area contributed by atoms with Gasteiger partial charge in [-0.2, -0.15) is 0 Å². The number of ether oxygens (including phenoxy) is 1. The lowest BCUT2D eigenvalue weighted by molar-refractivity contribution is -0.137. The number of nitrogens with one attached hydrogen (secondary N) is 2. The standard InChI is InChI=1S/C18H25N3O5/c1-19-17(24)15-12-21(9-10-26-15)18(25)20-14(7-8-16(22)23)11-13-5-3-2-4-6-13/h2-6,14-15H,7-12H2,1H3,(H,19,24)(H,20,25)(H,22,23). The second-order valence-corrected chi connectivity index (χ2v) is 6.19. The van der Waals surface area contributed by atoms with Gasteiger partial charge in [-0.3, -0.25) is 9.59 Å². The number of likely N-dealkylation sites (N-methyl/N-ethyl adjacent to an activating group) is 1. The third-order valence-corrected chi connectivity index (χ3v) is 4.25. The third kappa shape index (κ3) is 6.03. The highest BCUT2D eigenvalue weighted by Gasteiger charge is 2.29. The van der Waals surface area contributed by atoms with Gasteiger partial charge in [0.05, 0.1) is 13.2 Å². The van der Waals surface area contributed by atoms with Crippen molar-refractivity contribution >= 4 is 17.9 Å². The molecule has 1 fully saturated rings. The molecular weight excluding hydrogens is 338 g/mol. The van der Waals surface area contributed by atoms with Crippen LogP contribution in [0.3, 0.4) is 0 Å². The van der Waals surface area contributed by atoms with E-state index in [4.69, 9.17) is 9.84 Å². The lowest BCUT2D eigenvalue weighted by atomic mass is 10.0. The molecule has 1 heterocycles. The Morgan fingerprint density at radius 2 is 2.04 bits per heavy atom. The molecule has 1 aromatic carbocycles. The summed E-state index contributed by atoms with van der Waals surface area (Å²) in [4.78, 5) is 36.7. The summed E-state index contributed by atoms with van der Waals surface area (Å²) in [5, 5.41) is 14.4. The van der Waals surface area contributed by atoms with Crippen LogP contribution >= 0.6 is 0 Å². The Morgan fingerprint density at radius 1 is 1.31 bits per heavy atom. The average molecular weight is 363 g/mol. The van der Waals surface area contributed by atoms with E-state index in [-0.39, 0.29) is 37.6 Å². The summed E-state index contributed by atoms with van der Waals surface area (Å²) in [5.74, 6) is -1.17. The van der Waals surface area contributed by atoms with Crippen LogP contribution in [-0.2, 0) is 20.7 Å². The molecule has 3 amide bonds. The molecule has 0 aromatic heterocycles. The van der Waals surface area contributed by atoms with Gasteiger partial charge in [0.15, 0.2) is 6.10 Å². The van der Waals surface area contributed by atoms with Crippen molar-refractivity contribution in [1.29, 1.82) is 0 Å². The number of aliphatic carboxylic acids is 1. The number of benzene rings is 1. The van der Waals surface area contributed by atoms with Crippen LogP contribution in [-0.4, -0.2) is 66.8 Å². The molecule has 2 atom stereocenters. The zero-order chi connectivity index (χ0) is 18.9. The van der Waals surface area contributed by atoms with E-state index in [0.717, 1.165) is 5.56 Å². The van der Waals surface area contributed by atoms with Crippen LogP contribution in [0.15, 0.2) is 30.3 Å². The highest BCUT2D eigenvalue weighted by molar-refractivity contribution is 5.82. The Labute approximate surface area is 152 Å². The first-order chi connectivity index (χ1) is 12.5. The van der Waals surface area contributed by atoms with Gasteiger partial charge in [-0.05, 0) is 18.4 Å². The van der Waals surface area contributed by atoms with E-state index < -0.39 is 12.1 Å². The number of urea groups is 1. The van der Waals surface area contributed by atoms with E-state index in [1.54, 1.807) is 0 Å². The minimum absolute atomic E-state index is 0.0260. The van der Waals surface area contributed by atoms with Crippen molar-refractivity contribution < 1.29 is 24.2 Å². The van der Waals surface area contributed by atoms with Crippen molar-refractivity contribution in [2.75, 3.05) is 26.7 Å². The quantitative estimate of drug-likeness (QED) is 0.658. The van der Waals surface area contributed by atoms with Crippen molar-refractivity contribution in [2.24, 2.45) is 0 Å². The molecule has 8 nitrogen and oxygen atoms in total. The molecule has 26 heavy (non-hydrogen) atoms. The maximum absolute atomic E-state index is 12.6. The van der Waals surface area contributed by atoms with Gasteiger partial charge in [0, 0.05) is 26.1 Å². The summed E-state index contributed by atoms with van der Waals surface area (Å²) in [6, 6.07) is 8.98. The summed E-state index contributed by atoms with van der Waals surface area (Å²) in [6.45, 7) is 0.836. The van der Waals surface area contributed by atoms with E-state index in [0.29, 0.717) is 19.4 Å². The van der Waals surface area contributed by atoms with Crippen LogP contribution in [0.5, 0.6) is 0 Å². The largest absolute Gasteiger partial charge is 0.481 e. The van der Waals surface area contributed by atoms with Crippen LogP contribution in [0.25, 0.3) is 0 Å². The number of carbonyl (C=O) groups excluding carboxylic acids is 2. The minimum Gasteiger partial charge on any atom is -0.481 e. The molecule has 0 spiro atoms. The lowest BCUT2D eigenvalue weighted by Crippen LogP contribution is -2.55. The van der Waals surface area contributed by atoms with E-state index in [9.17, 15) is 14.4 Å². The third-order valence-electron chi connectivity index (χ3n) is 4.25. The molecule has 0 saturated carbocycles. The molecule has 2 rings (SSSR count). The van der Waals surface area contributed by atoms with Gasteiger partial charge in [0.2, 0.25) is 0 Å². The fourth-order valence-corrected chi connectivity index (χ4v) is 2.84. The highest BCUT2D eigenvalue weighted by Crippen LogP contribution is 2.11. The predicted octanol–water partition coefficient (Wildman–Crippen LogP) is 0.619. The molecule has 0 radical (unpaired) electrons. The lowest BCUT2D eigenvalue weighted by Gasteiger charge is -2.33. The molecular formula is C18H25N3O5. The van der Waals surface area contributed by atoms with E-state index in [1.807, 2.05) is 30.3 Å². The predicted molar refractivity (Wildman–Crippen MR) is 94.7 cm³/mol. The Morgan fingerprint density at radius 3 is 2.69 bits per heavy atom. The first kappa shape index (κ1) is 19.7. The van der Waals surface area contributed by atoms with Gasteiger partial charge in [-0.1, -0.05) is 30.3 Å². The molecule has 1 aliphatic heterocycles. The monoisotopic (exact) mass is 363 g/mol. The molecule has 1 saturated heterocycles. The van der Waals surface area contributed by atoms with Crippen LogP contribution in [0, 0.1) is 0 Å². The Balaban J connectivity index is 1.97. The first-order valence-corrected chi connectivity index (χ1v) is 8.64. The second kappa shape index (κ2) is 9.76. The van der Waals surface area contributed by atoms with Crippen LogP contribution in [0.2, 0.25) is 0 Å². The number of amides is 3. The molecule has 1 aliphatic rings. The van der Waals surface area contributed by atoms with Crippen LogP contribution < -0.4 is 10.6 Å². The Kier molecular flexibility index (Phi) is 7.40. The Bertz CT molecular complexity index is 623. The molecule has 0 aliphatic carbocycles. The van der Waals surface area contributed by atoms with Crippen molar-refractivity contribution in [2.45, 2.75) is 31.4 Å². The molecule has 2 unspecified atom stereocenters. The van der Waals surface area contributed by atoms with Gasteiger partial charge in [-0.25, -0.2) is 4.79 Å². The number of hydrogen-bond donors (Lipinski definition) is 3. The maximum Gasteiger partial charge on any atom is 0.317 e. The van der Waals surface area contributed by atoms with Crippen LogP contribution in [0.1, 0.15) is 18.4 Å². The normalized spacial score (nSPS) is 18.0. The van der Waals surface area contributed by atoms with Crippen molar-refractivity contribution in [3.8, 4) is 0 Å². The number of rotatable bonds is 7. The topological polar surface area (TPSA) is 108 Å². The number of morpholine rings is 1. The summed E-state index contributed by atoms with van der Waals surface area (Å²) in [7, 11) is 1.52. The zero-order valence-corrected chi connectivity index (χ0v) is 14.8. The molecule has 0 bridgehead atoms. The van der Waals surface area contributed by atoms with E-state index in [2.05, 4.69) is 10.6 Å². The van der Waals surface area contributed by atoms with E-state index in [1.165, 1.54) is 11.9 Å². The fourth-order valence-electron chi connectivity index (χ4n) is 2.84. The maximum atomic E-state index is 12.6. The van der Waals surface area contributed by atoms with Gasteiger partial charge in [0.25, 0.3) is 5.91 Å². The summed E-state index contributed by atoms with van der Waals surface area (Å²) in [5.41, 5.74) is 1.02. The van der Waals surface area contributed by atoms with Crippen molar-refractivity contribution in [3.05, 3.63) is 35.9 Å². The molecule has 142 valence electrons. The SMILES string of the molecule is CNC(=O)C1CN(C(=O)NC(CCC(=O)O)Cc2ccccc2)CCO1. The zero-order valence-electron chi connectivity index (χ0n) is 14.8. The van der Waals surface area contributed by atoms with Gasteiger partial charge in [0.1, 0.15) is 0 Å². The van der Waals surface area contributed by atoms with Crippen molar-refractivity contribution in [1.82, 2.24) is 15.5 Å². The summed E-state index contributed by atoms with van der Waals surface area (Å²) in [6.07, 6.45) is 0.162. The number of carboxylic acid groups (broad SMARTS) is 1.